The largest absolute Gasteiger partial charge is 0.454 e. The Morgan fingerprint density at radius 1 is 1.07 bits per heavy atom. The van der Waals surface area contributed by atoms with Gasteiger partial charge in [-0.2, -0.15) is 18.3 Å². The van der Waals surface area contributed by atoms with E-state index in [1.54, 1.807) is 0 Å². The number of benzene rings is 1. The summed E-state index contributed by atoms with van der Waals surface area (Å²) in [6.45, 7) is -1.99. The Balaban J connectivity index is 1.70. The van der Waals surface area contributed by atoms with E-state index in [-0.39, 0.29) is 5.69 Å². The third-order valence-corrected chi connectivity index (χ3v) is 3.24. The number of ether oxygens (including phenoxy) is 1. The third-order valence-electron chi connectivity index (χ3n) is 3.24. The highest BCUT2D eigenvalue weighted by Crippen LogP contribution is 2.27. The average Bonchev–Trinajstić information content (AvgIpc) is 3.10. The predicted octanol–water partition coefficient (Wildman–Crippen LogP) is 1.48. The first-order chi connectivity index (χ1) is 13.5. The number of amides is 2. The minimum absolute atomic E-state index is 0.0352. The van der Waals surface area contributed by atoms with Crippen LogP contribution in [-0.2, 0) is 31.8 Å². The lowest BCUT2D eigenvalue weighted by Gasteiger charge is -2.08. The molecule has 0 fully saturated rings. The minimum atomic E-state index is -4.66. The van der Waals surface area contributed by atoms with E-state index in [9.17, 15) is 36.3 Å². The van der Waals surface area contributed by atoms with E-state index < -0.39 is 61.0 Å². The van der Waals surface area contributed by atoms with Crippen LogP contribution in [0.3, 0.4) is 0 Å². The molecule has 0 unspecified atom stereocenters. The lowest BCUT2D eigenvalue weighted by atomic mass is 10.3. The zero-order valence-electron chi connectivity index (χ0n) is 14.4. The Morgan fingerprint density at radius 2 is 1.79 bits per heavy atom. The first-order valence-corrected chi connectivity index (χ1v) is 7.82. The highest BCUT2D eigenvalue weighted by Gasteiger charge is 2.33. The first-order valence-electron chi connectivity index (χ1n) is 7.82. The van der Waals surface area contributed by atoms with E-state index in [0.29, 0.717) is 10.7 Å². The second kappa shape index (κ2) is 9.12. The van der Waals surface area contributed by atoms with Crippen molar-refractivity contribution in [1.82, 2.24) is 15.1 Å². The van der Waals surface area contributed by atoms with E-state index in [0.717, 1.165) is 24.4 Å². The molecule has 8 nitrogen and oxygen atoms in total. The Morgan fingerprint density at radius 3 is 2.41 bits per heavy atom. The average molecular weight is 420 g/mol. The summed E-state index contributed by atoms with van der Waals surface area (Å²) >= 11 is 0. The molecular weight excluding hydrogens is 407 g/mol. The maximum absolute atomic E-state index is 13.0. The summed E-state index contributed by atoms with van der Waals surface area (Å²) in [5.41, 5.74) is -1.22. The highest BCUT2D eigenvalue weighted by atomic mass is 19.4. The fraction of sp³-hybridized carbons (Fsp3) is 0.250. The standard InChI is InChI=1S/C16H13F5N4O4/c17-10-2-1-9(5-11(10)18)23-13(26)6-22-14(27)8-29-15(28)7-25-4-3-12(24-25)16(19,20)21/h1-5H,6-8H2,(H,22,27)(H,23,26). The second-order valence-corrected chi connectivity index (χ2v) is 5.51. The van der Waals surface area contributed by atoms with Gasteiger partial charge in [-0.15, -0.1) is 0 Å². The smallest absolute Gasteiger partial charge is 0.435 e. The molecule has 2 aromatic rings. The number of anilines is 1. The Bertz CT molecular complexity index is 913. The summed E-state index contributed by atoms with van der Waals surface area (Å²) in [7, 11) is 0. The van der Waals surface area contributed by atoms with Crippen LogP contribution in [0.1, 0.15) is 5.69 Å². The summed E-state index contributed by atoms with van der Waals surface area (Å²) in [5.74, 6) is -4.91. The fourth-order valence-electron chi connectivity index (χ4n) is 1.93. The maximum atomic E-state index is 13.0. The Kier molecular flexibility index (Phi) is 6.85. The Labute approximate surface area is 159 Å². The van der Waals surface area contributed by atoms with Gasteiger partial charge in [-0.1, -0.05) is 0 Å². The van der Waals surface area contributed by atoms with Crippen molar-refractivity contribution in [2.45, 2.75) is 12.7 Å². The van der Waals surface area contributed by atoms with Gasteiger partial charge in [0.2, 0.25) is 5.91 Å². The summed E-state index contributed by atoms with van der Waals surface area (Å²) in [6, 6.07) is 3.33. The van der Waals surface area contributed by atoms with Crippen molar-refractivity contribution in [3.63, 3.8) is 0 Å². The van der Waals surface area contributed by atoms with Crippen molar-refractivity contribution in [3.8, 4) is 0 Å². The predicted molar refractivity (Wildman–Crippen MR) is 86.2 cm³/mol. The molecule has 29 heavy (non-hydrogen) atoms. The molecule has 0 atom stereocenters. The van der Waals surface area contributed by atoms with Crippen LogP contribution < -0.4 is 10.6 Å². The van der Waals surface area contributed by atoms with E-state index in [1.165, 1.54) is 0 Å². The van der Waals surface area contributed by atoms with E-state index >= 15 is 0 Å². The highest BCUT2D eigenvalue weighted by molar-refractivity contribution is 5.94. The number of carbonyl (C=O) groups is 3. The molecule has 2 N–H and O–H groups in total. The molecule has 1 aromatic heterocycles. The van der Waals surface area contributed by atoms with Crippen molar-refractivity contribution >= 4 is 23.5 Å². The minimum Gasteiger partial charge on any atom is -0.454 e. The van der Waals surface area contributed by atoms with Crippen LogP contribution in [0.2, 0.25) is 0 Å². The molecule has 0 radical (unpaired) electrons. The van der Waals surface area contributed by atoms with Gasteiger partial charge in [-0.25, -0.2) is 8.78 Å². The first kappa shape index (κ1) is 21.8. The van der Waals surface area contributed by atoms with Crippen LogP contribution >= 0.6 is 0 Å². The number of hydrogen-bond acceptors (Lipinski definition) is 5. The molecule has 1 aromatic carbocycles. The molecule has 0 aliphatic carbocycles. The van der Waals surface area contributed by atoms with Crippen LogP contribution in [0.5, 0.6) is 0 Å². The molecule has 13 heteroatoms. The number of aromatic nitrogens is 2. The van der Waals surface area contributed by atoms with Gasteiger partial charge in [0.25, 0.3) is 5.91 Å². The lowest BCUT2D eigenvalue weighted by Crippen LogP contribution is -2.35. The molecular formula is C16H13F5N4O4. The van der Waals surface area contributed by atoms with Gasteiger partial charge in [-0.3, -0.25) is 19.1 Å². The molecule has 0 saturated heterocycles. The Hall–Kier alpha value is -3.51. The monoisotopic (exact) mass is 420 g/mol. The molecule has 156 valence electrons. The second-order valence-electron chi connectivity index (χ2n) is 5.51. The number of carbonyl (C=O) groups excluding carboxylic acids is 3. The SMILES string of the molecule is O=C(COC(=O)Cn1ccc(C(F)(F)F)n1)NCC(=O)Nc1ccc(F)c(F)c1. The van der Waals surface area contributed by atoms with Crippen LogP contribution in [-0.4, -0.2) is 40.7 Å². The lowest BCUT2D eigenvalue weighted by molar-refractivity contribution is -0.150. The van der Waals surface area contributed by atoms with Crippen molar-refractivity contribution in [2.24, 2.45) is 0 Å². The number of nitrogens with one attached hydrogen (secondary N) is 2. The van der Waals surface area contributed by atoms with Crippen LogP contribution in [0, 0.1) is 11.6 Å². The molecule has 0 aliphatic heterocycles. The number of nitrogens with zero attached hydrogens (tertiary/aromatic N) is 2. The molecule has 0 aliphatic rings. The van der Waals surface area contributed by atoms with E-state index in [4.69, 9.17) is 0 Å². The molecule has 0 bridgehead atoms. The zero-order chi connectivity index (χ0) is 21.6. The molecule has 0 spiro atoms. The summed E-state index contributed by atoms with van der Waals surface area (Å²) < 4.78 is 68.3. The van der Waals surface area contributed by atoms with Gasteiger partial charge in [-0.05, 0) is 18.2 Å². The van der Waals surface area contributed by atoms with Crippen molar-refractivity contribution in [2.75, 3.05) is 18.5 Å². The van der Waals surface area contributed by atoms with Crippen molar-refractivity contribution in [1.29, 1.82) is 0 Å². The fourth-order valence-corrected chi connectivity index (χ4v) is 1.93. The molecule has 2 rings (SSSR count). The third kappa shape index (κ3) is 6.86. The summed E-state index contributed by atoms with van der Waals surface area (Å²) in [5, 5.41) is 7.46. The number of alkyl halides is 3. The number of rotatable bonds is 7. The van der Waals surface area contributed by atoms with E-state index in [1.807, 2.05) is 0 Å². The van der Waals surface area contributed by atoms with Crippen molar-refractivity contribution < 1.29 is 41.1 Å². The van der Waals surface area contributed by atoms with Gasteiger partial charge >= 0.3 is 12.1 Å². The normalized spacial score (nSPS) is 11.1. The number of halogens is 5. The van der Waals surface area contributed by atoms with Gasteiger partial charge in [0.05, 0.1) is 6.54 Å². The number of esters is 1. The molecule has 2 amide bonds. The van der Waals surface area contributed by atoms with Crippen LogP contribution in [0.4, 0.5) is 27.6 Å². The van der Waals surface area contributed by atoms with Crippen LogP contribution in [0.25, 0.3) is 0 Å². The zero-order valence-corrected chi connectivity index (χ0v) is 14.4. The van der Waals surface area contributed by atoms with Crippen molar-refractivity contribution in [3.05, 3.63) is 47.8 Å². The van der Waals surface area contributed by atoms with Gasteiger partial charge in [0.1, 0.15) is 6.54 Å². The van der Waals surface area contributed by atoms with Gasteiger partial charge in [0.15, 0.2) is 23.9 Å². The molecule has 1 heterocycles. The molecule has 0 saturated carbocycles. The van der Waals surface area contributed by atoms with E-state index in [2.05, 4.69) is 20.5 Å². The van der Waals surface area contributed by atoms with Gasteiger partial charge < -0.3 is 15.4 Å². The topological polar surface area (TPSA) is 102 Å². The quantitative estimate of drug-likeness (QED) is 0.522. The van der Waals surface area contributed by atoms with Gasteiger partial charge in [0, 0.05) is 18.0 Å². The summed E-state index contributed by atoms with van der Waals surface area (Å²) in [6.07, 6.45) is -3.73. The maximum Gasteiger partial charge on any atom is 0.435 e. The van der Waals surface area contributed by atoms with Crippen LogP contribution in [0.15, 0.2) is 30.5 Å². The summed E-state index contributed by atoms with van der Waals surface area (Å²) in [4.78, 5) is 34.7. The number of hydrogen-bond donors (Lipinski definition) is 2.